The standard InChI is InChI=1S/C26H28F9NO2/c1-2-3-21(19-14-18(25(30,31)32)8-9-20(19)26(33,34)35)36-11-10-15(13-23(37)38)12-22(36)16-4-6-17(7-5-16)24(27,28)29/h4,6-9,14-16,21-22H,2-3,5,10-13H2,1H3,(H,37,38)/t15-,16?,21?,22+/m0/s1. The van der Waals surface area contributed by atoms with Gasteiger partial charge in [-0.25, -0.2) is 0 Å². The molecule has 4 atom stereocenters. The second-order valence-electron chi connectivity index (χ2n) is 9.81. The highest BCUT2D eigenvalue weighted by Gasteiger charge is 2.43. The van der Waals surface area contributed by atoms with Gasteiger partial charge in [-0.1, -0.05) is 31.6 Å². The van der Waals surface area contributed by atoms with Crippen molar-refractivity contribution in [1.29, 1.82) is 0 Å². The van der Waals surface area contributed by atoms with Crippen LogP contribution in [-0.4, -0.2) is 34.7 Å². The van der Waals surface area contributed by atoms with Crippen LogP contribution in [0.2, 0.25) is 0 Å². The number of halogens is 9. The first-order valence-electron chi connectivity index (χ1n) is 12.2. The fraction of sp³-hybridized carbons (Fsp3) is 0.577. The minimum atomic E-state index is -4.93. The minimum absolute atomic E-state index is 0.0740. The summed E-state index contributed by atoms with van der Waals surface area (Å²) < 4.78 is 122. The summed E-state index contributed by atoms with van der Waals surface area (Å²) in [4.78, 5) is 13.0. The molecule has 2 unspecified atom stereocenters. The van der Waals surface area contributed by atoms with Crippen LogP contribution >= 0.6 is 0 Å². The first-order chi connectivity index (χ1) is 17.5. The molecule has 2 aliphatic rings. The molecule has 12 heteroatoms. The average molecular weight is 557 g/mol. The number of alkyl halides is 9. The second kappa shape index (κ2) is 11.3. The zero-order valence-electron chi connectivity index (χ0n) is 20.4. The molecule has 0 spiro atoms. The number of piperidine rings is 1. The number of likely N-dealkylation sites (tertiary alicyclic amines) is 1. The lowest BCUT2D eigenvalue weighted by Gasteiger charge is -2.47. The Bertz CT molecular complexity index is 1060. The van der Waals surface area contributed by atoms with Gasteiger partial charge in [-0.3, -0.25) is 9.69 Å². The van der Waals surface area contributed by atoms with E-state index in [2.05, 4.69) is 0 Å². The molecule has 1 fully saturated rings. The maximum atomic E-state index is 14.0. The van der Waals surface area contributed by atoms with E-state index in [9.17, 15) is 49.4 Å². The number of nitrogens with zero attached hydrogens (tertiary/aromatic N) is 1. The first-order valence-corrected chi connectivity index (χ1v) is 12.2. The van der Waals surface area contributed by atoms with Crippen molar-refractivity contribution in [3.63, 3.8) is 0 Å². The molecule has 212 valence electrons. The third-order valence-electron chi connectivity index (χ3n) is 7.22. The molecule has 1 heterocycles. The van der Waals surface area contributed by atoms with Gasteiger partial charge in [-0.05, 0) is 67.8 Å². The van der Waals surface area contributed by atoms with E-state index in [0.29, 0.717) is 24.6 Å². The number of rotatable bonds is 7. The van der Waals surface area contributed by atoms with Crippen LogP contribution in [0.25, 0.3) is 0 Å². The van der Waals surface area contributed by atoms with Crippen LogP contribution in [0.3, 0.4) is 0 Å². The Morgan fingerprint density at radius 2 is 1.74 bits per heavy atom. The predicted molar refractivity (Wildman–Crippen MR) is 121 cm³/mol. The largest absolute Gasteiger partial charge is 0.481 e. The van der Waals surface area contributed by atoms with Gasteiger partial charge in [0.05, 0.1) is 16.7 Å². The highest BCUT2D eigenvalue weighted by Crippen LogP contribution is 2.45. The van der Waals surface area contributed by atoms with E-state index in [-0.39, 0.29) is 44.6 Å². The zero-order chi connectivity index (χ0) is 28.5. The quantitative estimate of drug-likeness (QED) is 0.344. The van der Waals surface area contributed by atoms with Gasteiger partial charge in [0.25, 0.3) is 0 Å². The fourth-order valence-corrected chi connectivity index (χ4v) is 5.51. The molecule has 0 radical (unpaired) electrons. The van der Waals surface area contributed by atoms with Crippen molar-refractivity contribution >= 4 is 5.97 Å². The smallest absolute Gasteiger partial charge is 0.416 e. The summed E-state index contributed by atoms with van der Waals surface area (Å²) in [7, 11) is 0. The van der Waals surface area contributed by atoms with Gasteiger partial charge in [0.2, 0.25) is 0 Å². The number of carboxylic acid groups (broad SMARTS) is 1. The minimum Gasteiger partial charge on any atom is -0.481 e. The van der Waals surface area contributed by atoms with E-state index in [4.69, 9.17) is 0 Å². The van der Waals surface area contributed by atoms with E-state index in [1.54, 1.807) is 11.8 Å². The van der Waals surface area contributed by atoms with E-state index in [0.717, 1.165) is 12.2 Å². The van der Waals surface area contributed by atoms with Crippen molar-refractivity contribution in [2.75, 3.05) is 6.54 Å². The Kier molecular flexibility index (Phi) is 8.95. The maximum Gasteiger partial charge on any atom is 0.416 e. The molecule has 1 aromatic carbocycles. The molecule has 1 saturated heterocycles. The van der Waals surface area contributed by atoms with Crippen LogP contribution in [0.4, 0.5) is 39.5 Å². The van der Waals surface area contributed by atoms with Gasteiger partial charge in [-0.2, -0.15) is 39.5 Å². The van der Waals surface area contributed by atoms with Crippen LogP contribution < -0.4 is 0 Å². The highest BCUT2D eigenvalue weighted by atomic mass is 19.4. The topological polar surface area (TPSA) is 40.5 Å². The molecule has 3 nitrogen and oxygen atoms in total. The third-order valence-corrected chi connectivity index (χ3v) is 7.22. The number of carboxylic acids is 1. The molecule has 0 bridgehead atoms. The molecule has 1 aliphatic heterocycles. The number of allylic oxidation sites excluding steroid dienone is 3. The lowest BCUT2D eigenvalue weighted by atomic mass is 9.77. The summed E-state index contributed by atoms with van der Waals surface area (Å²) in [5.41, 5.74) is -3.83. The highest BCUT2D eigenvalue weighted by molar-refractivity contribution is 5.67. The van der Waals surface area contributed by atoms with Crippen LogP contribution in [0.5, 0.6) is 0 Å². The lowest BCUT2D eigenvalue weighted by Crippen LogP contribution is -2.49. The lowest BCUT2D eigenvalue weighted by molar-refractivity contribution is -0.142. The summed E-state index contributed by atoms with van der Waals surface area (Å²) in [6.07, 6.45) is -10.6. The summed E-state index contributed by atoms with van der Waals surface area (Å²) >= 11 is 0. The number of hydrogen-bond acceptors (Lipinski definition) is 2. The molecular weight excluding hydrogens is 529 g/mol. The Labute approximate surface area is 214 Å². The molecule has 1 aliphatic carbocycles. The van der Waals surface area contributed by atoms with E-state index >= 15 is 0 Å². The molecule has 0 amide bonds. The van der Waals surface area contributed by atoms with Gasteiger partial charge in [0.15, 0.2) is 0 Å². The van der Waals surface area contributed by atoms with Gasteiger partial charge >= 0.3 is 24.5 Å². The van der Waals surface area contributed by atoms with Gasteiger partial charge in [0.1, 0.15) is 0 Å². The van der Waals surface area contributed by atoms with Crippen molar-refractivity contribution in [2.24, 2.45) is 11.8 Å². The van der Waals surface area contributed by atoms with Crippen molar-refractivity contribution in [3.8, 4) is 0 Å². The van der Waals surface area contributed by atoms with Crippen molar-refractivity contribution in [2.45, 2.75) is 76.1 Å². The van der Waals surface area contributed by atoms with E-state index in [1.165, 1.54) is 6.08 Å². The van der Waals surface area contributed by atoms with Crippen LogP contribution in [0, 0.1) is 11.8 Å². The van der Waals surface area contributed by atoms with Crippen LogP contribution in [-0.2, 0) is 17.1 Å². The molecule has 1 aromatic rings. The Morgan fingerprint density at radius 3 is 2.24 bits per heavy atom. The van der Waals surface area contributed by atoms with Crippen molar-refractivity contribution < 1.29 is 49.4 Å². The molecule has 0 aromatic heterocycles. The predicted octanol–water partition coefficient (Wildman–Crippen LogP) is 8.19. The zero-order valence-corrected chi connectivity index (χ0v) is 20.4. The molecular formula is C26H28F9NO2. The number of hydrogen-bond donors (Lipinski definition) is 1. The Balaban J connectivity index is 2.08. The average Bonchev–Trinajstić information content (AvgIpc) is 2.80. The second-order valence-corrected chi connectivity index (χ2v) is 9.81. The van der Waals surface area contributed by atoms with Gasteiger partial charge < -0.3 is 5.11 Å². The monoisotopic (exact) mass is 557 g/mol. The van der Waals surface area contributed by atoms with Crippen molar-refractivity contribution in [3.05, 3.63) is 58.7 Å². The van der Waals surface area contributed by atoms with Crippen LogP contribution in [0.15, 0.2) is 42.0 Å². The van der Waals surface area contributed by atoms with Crippen LogP contribution in [0.1, 0.15) is 68.2 Å². The maximum absolute atomic E-state index is 14.0. The summed E-state index contributed by atoms with van der Waals surface area (Å²) in [6, 6.07) is -0.439. The third kappa shape index (κ3) is 7.12. The first kappa shape index (κ1) is 30.0. The number of aliphatic carboxylic acids is 1. The summed E-state index contributed by atoms with van der Waals surface area (Å²) in [5.74, 6) is -2.04. The van der Waals surface area contributed by atoms with Gasteiger partial charge in [-0.15, -0.1) is 0 Å². The van der Waals surface area contributed by atoms with E-state index < -0.39 is 64.8 Å². The SMILES string of the molecule is CCCC(c1cc(C(F)(F)F)ccc1C(F)(F)F)N1CC[C@H](CC(=O)O)C[C@@H]1C1C=CC(C(F)(F)F)=CC1. The summed E-state index contributed by atoms with van der Waals surface area (Å²) in [5, 5.41) is 9.26. The summed E-state index contributed by atoms with van der Waals surface area (Å²) in [6.45, 7) is 1.78. The number of carbonyl (C=O) groups is 1. The molecule has 0 saturated carbocycles. The number of benzene rings is 1. The fourth-order valence-electron chi connectivity index (χ4n) is 5.51. The molecule has 38 heavy (non-hydrogen) atoms. The van der Waals surface area contributed by atoms with Gasteiger partial charge in [0, 0.05) is 18.5 Å². The van der Waals surface area contributed by atoms with E-state index in [1.807, 2.05) is 0 Å². The molecule has 1 N–H and O–H groups in total. The van der Waals surface area contributed by atoms with Crippen molar-refractivity contribution in [1.82, 2.24) is 4.90 Å². The Morgan fingerprint density at radius 1 is 1.05 bits per heavy atom. The normalized spacial score (nSPS) is 24.3. The Hall–Kier alpha value is -2.50. The molecule has 3 rings (SSSR count).